The van der Waals surface area contributed by atoms with E-state index in [9.17, 15) is 0 Å². The van der Waals surface area contributed by atoms with Crippen LogP contribution in [0.4, 0.5) is 0 Å². The summed E-state index contributed by atoms with van der Waals surface area (Å²) in [6.07, 6.45) is 22.9. The average molecular weight is 948 g/mol. The molecule has 0 amide bonds. The van der Waals surface area contributed by atoms with Crippen molar-refractivity contribution in [3.63, 3.8) is 0 Å². The van der Waals surface area contributed by atoms with Crippen LogP contribution in [0.1, 0.15) is 61.3 Å². The lowest BCUT2D eigenvalue weighted by molar-refractivity contribution is 0.356. The monoisotopic (exact) mass is 947 g/mol. The largest absolute Gasteiger partial charge is 0.335 e. The molecule has 0 atom stereocenters. The van der Waals surface area contributed by atoms with Gasteiger partial charge in [0, 0.05) is 103 Å². The minimum absolute atomic E-state index is 0.639. The highest BCUT2D eigenvalue weighted by atomic mass is 32.1. The molecule has 69 heavy (non-hydrogen) atoms. The first-order valence-corrected chi connectivity index (χ1v) is 25.0. The molecular weight excluding hydrogens is 899 g/mol. The number of aromatic amines is 4. The van der Waals surface area contributed by atoms with E-state index in [-0.39, 0.29) is 0 Å². The van der Waals surface area contributed by atoms with E-state index >= 15 is 0 Å². The van der Waals surface area contributed by atoms with Crippen molar-refractivity contribution in [2.45, 2.75) is 66.2 Å². The van der Waals surface area contributed by atoms with Gasteiger partial charge in [0.25, 0.3) is 0 Å². The number of imidazole rings is 2. The molecular formula is C52H49N15S2. The van der Waals surface area contributed by atoms with Crippen molar-refractivity contribution >= 4 is 67.1 Å². The molecule has 15 nitrogen and oxygen atoms in total. The van der Waals surface area contributed by atoms with Crippen molar-refractivity contribution in [2.75, 3.05) is 0 Å². The van der Waals surface area contributed by atoms with Crippen LogP contribution in [0.15, 0.2) is 104 Å². The fraction of sp³-hybridized carbons (Fsp3) is 0.231. The number of fused-ring (bicyclic) bond motifs is 4. The van der Waals surface area contributed by atoms with Crippen LogP contribution < -0.4 is 0 Å². The van der Waals surface area contributed by atoms with Gasteiger partial charge in [-0.1, -0.05) is 46.0 Å². The number of nitrogens with one attached hydrogen (secondary N) is 4. The van der Waals surface area contributed by atoms with Crippen LogP contribution in [0.5, 0.6) is 0 Å². The fourth-order valence-corrected chi connectivity index (χ4v) is 11.0. The van der Waals surface area contributed by atoms with Crippen molar-refractivity contribution < 1.29 is 0 Å². The molecule has 17 heteroatoms. The van der Waals surface area contributed by atoms with Crippen LogP contribution in [0, 0.1) is 19.8 Å². The maximum atomic E-state index is 4.81. The number of H-pyrrole nitrogens is 4. The Kier molecular flexibility index (Phi) is 11.9. The van der Waals surface area contributed by atoms with E-state index in [1.807, 2.05) is 70.2 Å². The molecule has 12 heterocycles. The quantitative estimate of drug-likeness (QED) is 0.114. The van der Waals surface area contributed by atoms with Gasteiger partial charge in [-0.15, -0.1) is 22.7 Å². The smallest absolute Gasteiger partial charge is 0.181 e. The molecule has 344 valence electrons. The lowest BCUT2D eigenvalue weighted by Crippen LogP contribution is -2.09. The summed E-state index contributed by atoms with van der Waals surface area (Å²) in [5, 5.41) is 21.1. The second-order valence-electron chi connectivity index (χ2n) is 17.2. The van der Waals surface area contributed by atoms with Crippen LogP contribution in [-0.4, -0.2) is 75.0 Å². The van der Waals surface area contributed by atoms with E-state index in [4.69, 9.17) is 9.97 Å². The Labute approximate surface area is 405 Å². The Morgan fingerprint density at radius 3 is 1.67 bits per heavy atom. The number of aryl methyl sites for hydroxylation is 3. The molecule has 0 radical (unpaired) electrons. The van der Waals surface area contributed by atoms with E-state index in [1.165, 1.54) is 57.2 Å². The molecule has 12 aromatic rings. The maximum absolute atomic E-state index is 4.81. The average Bonchev–Trinajstić information content (AvgIpc) is 4.25. The van der Waals surface area contributed by atoms with Crippen molar-refractivity contribution in [3.05, 3.63) is 119 Å². The highest BCUT2D eigenvalue weighted by molar-refractivity contribution is 7.15. The molecule has 12 aromatic heterocycles. The summed E-state index contributed by atoms with van der Waals surface area (Å²) in [5.41, 5.74) is 13.7. The van der Waals surface area contributed by atoms with Crippen LogP contribution >= 0.6 is 22.7 Å². The number of hydrogen-bond acceptors (Lipinski definition) is 12. The number of hydrogen-bond donors (Lipinski definition) is 4. The normalized spacial score (nSPS) is 13.0. The Hall–Kier alpha value is -7.76. The predicted molar refractivity (Wildman–Crippen MR) is 277 cm³/mol. The second-order valence-corrected chi connectivity index (χ2v) is 19.8. The van der Waals surface area contributed by atoms with E-state index in [0.717, 1.165) is 78.9 Å². The summed E-state index contributed by atoms with van der Waals surface area (Å²) in [6.45, 7) is 8.22. The van der Waals surface area contributed by atoms with Crippen LogP contribution in [-0.2, 0) is 13.5 Å². The topological polar surface area (TPSA) is 197 Å². The van der Waals surface area contributed by atoms with Gasteiger partial charge in [-0.2, -0.15) is 15.3 Å². The highest BCUT2D eigenvalue weighted by Gasteiger charge is 2.20. The lowest BCUT2D eigenvalue weighted by atomic mass is 9.85. The Morgan fingerprint density at radius 2 is 1.14 bits per heavy atom. The molecule has 1 aliphatic carbocycles. The van der Waals surface area contributed by atoms with Crippen LogP contribution in [0.3, 0.4) is 0 Å². The standard InChI is InChI=1S/C29H27N7S.C21H16N8S.C2H6/c1-17-7-8-24(37-17)22-9-10-31-28-25(22)33-29(34-28)26-23-13-21(16-32-27(23)36-35-26)20-12-19(14-30-15-20)11-18-5-3-2-4-6-18;1-11-3-4-16(30-11)14-5-6-22-20-17(14)25-21(26-20)18-15-7-12(8-23-19(15)28-27-18)13-9-24-29(2)10-13;1-2/h7-10,12-16,18H,2-6,11H2,1H3,(H,31,33,34)(H,32,35,36);3-10H,1-2H3,(H,22,25,26)(H,23,27,28);1-2H3. The molecule has 4 N–H and O–H groups in total. The number of thiophene rings is 2. The summed E-state index contributed by atoms with van der Waals surface area (Å²) in [4.78, 5) is 44.1. The first-order valence-electron chi connectivity index (χ1n) is 23.3. The van der Waals surface area contributed by atoms with Crippen molar-refractivity contribution in [1.29, 1.82) is 0 Å². The van der Waals surface area contributed by atoms with Gasteiger partial charge in [0.1, 0.15) is 11.4 Å². The van der Waals surface area contributed by atoms with Crippen molar-refractivity contribution in [3.8, 4) is 66.2 Å². The van der Waals surface area contributed by atoms with Gasteiger partial charge < -0.3 is 9.97 Å². The summed E-state index contributed by atoms with van der Waals surface area (Å²) >= 11 is 3.52. The number of pyridine rings is 5. The van der Waals surface area contributed by atoms with Crippen molar-refractivity contribution in [2.24, 2.45) is 13.0 Å². The first kappa shape index (κ1) is 43.8. The zero-order valence-electron chi connectivity index (χ0n) is 38.9. The van der Waals surface area contributed by atoms with Gasteiger partial charge in [0.2, 0.25) is 0 Å². The lowest BCUT2D eigenvalue weighted by Gasteiger charge is -2.21. The third-order valence-corrected chi connectivity index (χ3v) is 14.6. The Bertz CT molecular complexity index is 3740. The number of rotatable bonds is 8. The van der Waals surface area contributed by atoms with E-state index in [2.05, 4.69) is 117 Å². The second kappa shape index (κ2) is 18.7. The minimum Gasteiger partial charge on any atom is -0.335 e. The molecule has 0 spiro atoms. The van der Waals surface area contributed by atoms with Crippen LogP contribution in [0.25, 0.3) is 111 Å². The predicted octanol–water partition coefficient (Wildman–Crippen LogP) is 12.5. The zero-order chi connectivity index (χ0) is 47.0. The first-order chi connectivity index (χ1) is 33.9. The Balaban J connectivity index is 0.000000149. The zero-order valence-corrected chi connectivity index (χ0v) is 40.5. The van der Waals surface area contributed by atoms with E-state index in [0.29, 0.717) is 34.2 Å². The third kappa shape index (κ3) is 8.70. The van der Waals surface area contributed by atoms with Gasteiger partial charge in [0.05, 0.1) is 28.0 Å². The molecule has 0 saturated heterocycles. The van der Waals surface area contributed by atoms with Gasteiger partial charge in [-0.05, 0) is 86.3 Å². The molecule has 1 saturated carbocycles. The number of nitrogens with zero attached hydrogens (tertiary/aromatic N) is 11. The highest BCUT2D eigenvalue weighted by Crippen LogP contribution is 2.37. The van der Waals surface area contributed by atoms with Crippen molar-refractivity contribution in [1.82, 2.24) is 75.0 Å². The molecule has 0 aliphatic heterocycles. The van der Waals surface area contributed by atoms with Gasteiger partial charge in [-0.25, -0.2) is 29.9 Å². The third-order valence-electron chi connectivity index (χ3n) is 12.5. The van der Waals surface area contributed by atoms with E-state index in [1.54, 1.807) is 39.7 Å². The van der Waals surface area contributed by atoms with E-state index < -0.39 is 0 Å². The Morgan fingerprint density at radius 1 is 0.594 bits per heavy atom. The molecule has 1 aliphatic rings. The molecule has 0 bridgehead atoms. The summed E-state index contributed by atoms with van der Waals surface area (Å²) in [5.74, 6) is 2.16. The molecule has 0 aromatic carbocycles. The number of aromatic nitrogens is 15. The van der Waals surface area contributed by atoms with Gasteiger partial charge in [0.15, 0.2) is 34.2 Å². The fourth-order valence-electron chi connectivity index (χ4n) is 9.16. The SMILES string of the molecule is CC.Cc1ccc(-c2ccnc3nc(-c4[nH]nc5ncc(-c6cncc(CC7CCCCC7)c6)cc45)[nH]c23)s1.Cc1ccc(-c2ccnc3nc(-c4[nH]nc5ncc(-c6cnn(C)c6)cc45)[nH]c23)s1. The van der Waals surface area contributed by atoms with Gasteiger partial charge >= 0.3 is 0 Å². The summed E-state index contributed by atoms with van der Waals surface area (Å²) < 4.78 is 1.77. The molecule has 1 fully saturated rings. The maximum Gasteiger partial charge on any atom is 0.181 e. The summed E-state index contributed by atoms with van der Waals surface area (Å²) in [7, 11) is 1.90. The molecule has 13 rings (SSSR count). The summed E-state index contributed by atoms with van der Waals surface area (Å²) in [6, 6.07) is 19.0. The minimum atomic E-state index is 0.639. The molecule has 0 unspecified atom stereocenters. The van der Waals surface area contributed by atoms with Crippen LogP contribution in [0.2, 0.25) is 0 Å². The van der Waals surface area contributed by atoms with Gasteiger partial charge in [-0.3, -0.25) is 19.9 Å².